The highest BCUT2D eigenvalue weighted by Crippen LogP contribution is 2.28. The maximum absolute atomic E-state index is 14.2. The Morgan fingerprint density at radius 1 is 1.02 bits per heavy atom. The summed E-state index contributed by atoms with van der Waals surface area (Å²) in [7, 11) is 0. The number of fused-ring (bicyclic) bond motifs is 4. The van der Waals surface area contributed by atoms with Gasteiger partial charge in [0.05, 0.1) is 30.4 Å². The minimum Gasteiger partial charge on any atom is -0.450 e. The monoisotopic (exact) mass is 692 g/mol. The summed E-state index contributed by atoms with van der Waals surface area (Å²) in [5, 5.41) is 7.91. The van der Waals surface area contributed by atoms with Crippen molar-refractivity contribution < 1.29 is 38.2 Å². The average molecular weight is 693 g/mol. The van der Waals surface area contributed by atoms with E-state index in [0.29, 0.717) is 36.2 Å². The van der Waals surface area contributed by atoms with E-state index in [2.05, 4.69) is 16.1 Å². The molecule has 0 radical (unpaired) electrons. The van der Waals surface area contributed by atoms with Gasteiger partial charge in [0.25, 0.3) is 11.8 Å². The van der Waals surface area contributed by atoms with Gasteiger partial charge >= 0.3 is 12.1 Å². The van der Waals surface area contributed by atoms with Crippen LogP contribution in [0, 0.1) is 5.92 Å². The minimum absolute atomic E-state index is 0.00116. The minimum atomic E-state index is -1.79. The number of amides is 4. The summed E-state index contributed by atoms with van der Waals surface area (Å²) in [5.74, 6) is -2.76. The third-order valence-electron chi connectivity index (χ3n) is 8.82. The van der Waals surface area contributed by atoms with Gasteiger partial charge in [-0.05, 0) is 77.2 Å². The molecule has 5 bridgehead atoms. The standard InChI is InChI=1S/C36H48N6O8/c1-21(2)29-31(44)38-23(4)32(45)42-16-8-9-27(40-42)30(43)37-22(3)26-13-12-25-11-10-24(19-28(25)39-26)14-15-36(33(46)49-29)20-41(17-18-48-36)34(47)50-35(5,6)7/h10-15,19,21-23,27,29,40H,8-9,16-18,20H2,1-7H3,(H,37,43)(H,38,44)/t22-,23+,27+,29+,36?/m1/s1. The molecule has 3 aliphatic heterocycles. The van der Waals surface area contributed by atoms with Crippen LogP contribution in [0.5, 0.6) is 0 Å². The van der Waals surface area contributed by atoms with Crippen molar-refractivity contribution in [2.24, 2.45) is 5.92 Å². The second kappa shape index (κ2) is 14.7. The van der Waals surface area contributed by atoms with Gasteiger partial charge in [-0.3, -0.25) is 24.4 Å². The molecule has 5 rings (SSSR count). The Labute approximate surface area is 292 Å². The average Bonchev–Trinajstić information content (AvgIpc) is 3.07. The van der Waals surface area contributed by atoms with Crippen molar-refractivity contribution in [2.75, 3.05) is 26.2 Å². The molecule has 3 N–H and O–H groups in total. The Bertz CT molecular complexity index is 1670. The molecular weight excluding hydrogens is 644 g/mol. The summed E-state index contributed by atoms with van der Waals surface area (Å²) in [5.41, 5.74) is 2.44. The van der Waals surface area contributed by atoms with Gasteiger partial charge in [0, 0.05) is 18.5 Å². The van der Waals surface area contributed by atoms with Crippen LogP contribution in [0.1, 0.15) is 78.6 Å². The largest absolute Gasteiger partial charge is 0.450 e. The van der Waals surface area contributed by atoms with Crippen molar-refractivity contribution in [1.29, 1.82) is 0 Å². The number of hydrazine groups is 1. The number of benzene rings is 1. The van der Waals surface area contributed by atoms with Gasteiger partial charge < -0.3 is 29.7 Å². The number of morpholine rings is 1. The predicted octanol–water partition coefficient (Wildman–Crippen LogP) is 3.01. The summed E-state index contributed by atoms with van der Waals surface area (Å²) in [6.45, 7) is 12.4. The topological polar surface area (TPSA) is 168 Å². The highest BCUT2D eigenvalue weighted by molar-refractivity contribution is 5.93. The molecule has 14 heteroatoms. The normalized spacial score (nSPS) is 27.3. The molecule has 270 valence electrons. The first-order valence-electron chi connectivity index (χ1n) is 17.2. The van der Waals surface area contributed by atoms with E-state index in [1.807, 2.05) is 37.3 Å². The van der Waals surface area contributed by atoms with Crippen LogP contribution in [0.15, 0.2) is 36.4 Å². The number of nitrogens with zero attached hydrogens (tertiary/aromatic N) is 3. The smallest absolute Gasteiger partial charge is 0.410 e. The number of nitrogens with one attached hydrogen (secondary N) is 3. The number of esters is 1. The second-order valence-electron chi connectivity index (χ2n) is 14.5. The summed E-state index contributed by atoms with van der Waals surface area (Å²) < 4.78 is 17.6. The van der Waals surface area contributed by atoms with E-state index < -0.39 is 65.2 Å². The molecule has 1 aromatic carbocycles. The highest BCUT2D eigenvalue weighted by Gasteiger charge is 2.47. The Morgan fingerprint density at radius 2 is 1.74 bits per heavy atom. The number of carbonyl (C=O) groups is 5. The SMILES string of the molecule is CC(C)[C@@H]1OC(=O)C2(C=Cc3ccc4ccc(nc4c3)[C@@H](C)NC(=O)[C@@H]3CCCN(N3)C(=O)[C@H](C)NC1=O)CN(C(=O)OC(C)(C)C)CCO2. The summed E-state index contributed by atoms with van der Waals surface area (Å²) in [6, 6.07) is 7.26. The van der Waals surface area contributed by atoms with Crippen LogP contribution in [-0.2, 0) is 33.4 Å². The third-order valence-corrected chi connectivity index (χ3v) is 8.82. The van der Waals surface area contributed by atoms with E-state index in [9.17, 15) is 24.0 Å². The summed E-state index contributed by atoms with van der Waals surface area (Å²) in [6.07, 6.45) is 2.40. The maximum atomic E-state index is 14.2. The van der Waals surface area contributed by atoms with Crippen LogP contribution in [0.25, 0.3) is 17.0 Å². The number of ether oxygens (including phenoxy) is 3. The van der Waals surface area contributed by atoms with Crippen LogP contribution in [0.3, 0.4) is 0 Å². The van der Waals surface area contributed by atoms with Crippen LogP contribution >= 0.6 is 0 Å². The lowest BCUT2D eigenvalue weighted by Gasteiger charge is -2.40. The zero-order valence-electron chi connectivity index (χ0n) is 29.8. The highest BCUT2D eigenvalue weighted by atomic mass is 16.6. The predicted molar refractivity (Wildman–Crippen MR) is 184 cm³/mol. The molecule has 3 aliphatic rings. The fourth-order valence-corrected chi connectivity index (χ4v) is 6.07. The molecule has 0 aliphatic carbocycles. The van der Waals surface area contributed by atoms with Gasteiger partial charge in [-0.25, -0.2) is 15.0 Å². The van der Waals surface area contributed by atoms with Crippen LogP contribution in [0.4, 0.5) is 4.79 Å². The number of pyridine rings is 1. The first-order chi connectivity index (χ1) is 23.5. The van der Waals surface area contributed by atoms with Gasteiger partial charge in [-0.2, -0.15) is 0 Å². The second-order valence-corrected chi connectivity index (χ2v) is 14.5. The van der Waals surface area contributed by atoms with E-state index in [0.717, 1.165) is 5.39 Å². The van der Waals surface area contributed by atoms with Crippen molar-refractivity contribution in [3.8, 4) is 0 Å². The van der Waals surface area contributed by atoms with Gasteiger partial charge in [-0.15, -0.1) is 0 Å². The van der Waals surface area contributed by atoms with Gasteiger partial charge in [-0.1, -0.05) is 38.1 Å². The number of carbonyl (C=O) groups excluding carboxylic acids is 5. The Hall–Kier alpha value is -4.56. The first-order valence-corrected chi connectivity index (χ1v) is 17.2. The lowest BCUT2D eigenvalue weighted by atomic mass is 9.98. The third kappa shape index (κ3) is 8.41. The Balaban J connectivity index is 1.55. The lowest BCUT2D eigenvalue weighted by Crippen LogP contribution is -2.61. The molecule has 5 atom stereocenters. The molecule has 1 aromatic heterocycles. The quantitative estimate of drug-likeness (QED) is 0.378. The zero-order chi connectivity index (χ0) is 36.4. The summed E-state index contributed by atoms with van der Waals surface area (Å²) >= 11 is 0. The number of hydrogen-bond donors (Lipinski definition) is 3. The number of cyclic esters (lactones) is 1. The van der Waals surface area contributed by atoms with E-state index in [4.69, 9.17) is 19.2 Å². The first kappa shape index (κ1) is 36.7. The number of aromatic nitrogens is 1. The van der Waals surface area contributed by atoms with E-state index >= 15 is 0 Å². The number of rotatable bonds is 1. The zero-order valence-corrected chi connectivity index (χ0v) is 29.8. The van der Waals surface area contributed by atoms with Crippen LogP contribution < -0.4 is 16.1 Å². The van der Waals surface area contributed by atoms with Crippen molar-refractivity contribution in [3.63, 3.8) is 0 Å². The molecule has 14 nitrogen and oxygen atoms in total. The lowest BCUT2D eigenvalue weighted by molar-refractivity contribution is -0.183. The van der Waals surface area contributed by atoms with E-state index in [1.165, 1.54) is 22.9 Å². The van der Waals surface area contributed by atoms with Gasteiger partial charge in [0.2, 0.25) is 11.5 Å². The van der Waals surface area contributed by atoms with Gasteiger partial charge in [0.15, 0.2) is 6.10 Å². The molecule has 4 heterocycles. The van der Waals surface area contributed by atoms with Crippen molar-refractivity contribution in [2.45, 2.75) is 96.7 Å². The number of hydrogen-bond acceptors (Lipinski definition) is 10. The molecule has 50 heavy (non-hydrogen) atoms. The molecule has 2 saturated heterocycles. The molecule has 0 saturated carbocycles. The fraction of sp³-hybridized carbons (Fsp3) is 0.556. The van der Waals surface area contributed by atoms with E-state index in [1.54, 1.807) is 40.7 Å². The molecular formula is C36H48N6O8. The molecule has 2 aromatic rings. The van der Waals surface area contributed by atoms with Crippen LogP contribution in [-0.4, -0.2) is 100 Å². The molecule has 1 unspecified atom stereocenters. The van der Waals surface area contributed by atoms with Crippen molar-refractivity contribution in [1.82, 2.24) is 31.0 Å². The van der Waals surface area contributed by atoms with Crippen LogP contribution in [0.2, 0.25) is 0 Å². The maximum Gasteiger partial charge on any atom is 0.410 e. The fourth-order valence-electron chi connectivity index (χ4n) is 6.07. The van der Waals surface area contributed by atoms with Crippen molar-refractivity contribution in [3.05, 3.63) is 47.7 Å². The Kier molecular flexibility index (Phi) is 10.8. The Morgan fingerprint density at radius 3 is 2.46 bits per heavy atom. The van der Waals surface area contributed by atoms with E-state index in [-0.39, 0.29) is 25.6 Å². The van der Waals surface area contributed by atoms with Gasteiger partial charge in [0.1, 0.15) is 17.7 Å². The molecule has 4 amide bonds. The molecule has 2 fully saturated rings. The summed E-state index contributed by atoms with van der Waals surface area (Å²) in [4.78, 5) is 74.0. The molecule has 1 spiro atoms. The van der Waals surface area contributed by atoms with Crippen molar-refractivity contribution >= 4 is 46.8 Å².